The summed E-state index contributed by atoms with van der Waals surface area (Å²) in [5, 5.41) is 17.9. The van der Waals surface area contributed by atoms with Crippen molar-refractivity contribution in [1.82, 2.24) is 25.6 Å². The number of halogens is 1. The Balaban J connectivity index is 2.22. The van der Waals surface area contributed by atoms with Crippen LogP contribution in [0.5, 0.6) is 0 Å². The number of nitrogens with zero attached hydrogens (tertiary/aromatic N) is 3. The van der Waals surface area contributed by atoms with E-state index in [4.69, 9.17) is 17.3 Å². The van der Waals surface area contributed by atoms with E-state index in [-0.39, 0.29) is 5.69 Å². The third-order valence-corrected chi connectivity index (χ3v) is 2.85. The molecule has 3 rings (SSSR count). The van der Waals surface area contributed by atoms with Crippen molar-refractivity contribution >= 4 is 28.4 Å². The zero-order valence-corrected chi connectivity index (χ0v) is 9.69. The van der Waals surface area contributed by atoms with Crippen molar-refractivity contribution in [2.24, 2.45) is 5.73 Å². The number of carbonyl (C=O) groups is 1. The van der Waals surface area contributed by atoms with Gasteiger partial charge in [0.05, 0.1) is 5.52 Å². The van der Waals surface area contributed by atoms with E-state index in [1.54, 1.807) is 18.2 Å². The molecular formula is C10H7ClN6O. The van der Waals surface area contributed by atoms with Crippen molar-refractivity contribution in [1.29, 1.82) is 0 Å². The van der Waals surface area contributed by atoms with Gasteiger partial charge in [0.1, 0.15) is 10.8 Å². The molecule has 0 spiro atoms. The molecule has 90 valence electrons. The van der Waals surface area contributed by atoms with E-state index in [2.05, 4.69) is 25.6 Å². The molecule has 2 heterocycles. The number of fused-ring (bicyclic) bond motifs is 1. The fourth-order valence-corrected chi connectivity index (χ4v) is 1.92. The lowest BCUT2D eigenvalue weighted by molar-refractivity contribution is 0.0996. The highest BCUT2D eigenvalue weighted by molar-refractivity contribution is 6.34. The molecular weight excluding hydrogens is 256 g/mol. The Hall–Kier alpha value is -2.41. The first-order chi connectivity index (χ1) is 8.66. The molecule has 7 nitrogen and oxygen atoms in total. The Morgan fingerprint density at radius 1 is 1.28 bits per heavy atom. The van der Waals surface area contributed by atoms with Gasteiger partial charge in [0.25, 0.3) is 5.91 Å². The molecule has 1 aromatic carbocycles. The van der Waals surface area contributed by atoms with Crippen LogP contribution >= 0.6 is 11.6 Å². The number of hydrogen-bond acceptors (Lipinski definition) is 4. The number of aromatic nitrogens is 5. The lowest BCUT2D eigenvalue weighted by Crippen LogP contribution is -2.12. The highest BCUT2D eigenvalue weighted by atomic mass is 35.5. The SMILES string of the molecule is NC(=O)c1n[nH]nc1-c1ccc2n[nH]c(Cl)c2c1. The summed E-state index contributed by atoms with van der Waals surface area (Å²) in [6, 6.07) is 5.31. The van der Waals surface area contributed by atoms with Crippen molar-refractivity contribution in [2.75, 3.05) is 0 Å². The van der Waals surface area contributed by atoms with Crippen LogP contribution in [0.2, 0.25) is 5.15 Å². The van der Waals surface area contributed by atoms with Gasteiger partial charge >= 0.3 is 0 Å². The third-order valence-electron chi connectivity index (χ3n) is 2.56. The highest BCUT2D eigenvalue weighted by Crippen LogP contribution is 2.27. The quantitative estimate of drug-likeness (QED) is 0.642. The maximum atomic E-state index is 11.2. The lowest BCUT2D eigenvalue weighted by Gasteiger charge is -1.98. The first-order valence-corrected chi connectivity index (χ1v) is 5.39. The van der Waals surface area contributed by atoms with Gasteiger partial charge in [0.15, 0.2) is 5.69 Å². The molecule has 0 saturated carbocycles. The maximum absolute atomic E-state index is 11.2. The van der Waals surface area contributed by atoms with E-state index in [0.29, 0.717) is 16.4 Å². The molecule has 8 heteroatoms. The number of carbonyl (C=O) groups excluding carboxylic acids is 1. The summed E-state index contributed by atoms with van der Waals surface area (Å²) < 4.78 is 0. The number of aromatic amines is 2. The minimum Gasteiger partial charge on any atom is -0.364 e. The van der Waals surface area contributed by atoms with Crippen molar-refractivity contribution in [3.05, 3.63) is 29.0 Å². The van der Waals surface area contributed by atoms with Crippen LogP contribution in [-0.4, -0.2) is 31.5 Å². The monoisotopic (exact) mass is 262 g/mol. The number of hydrogen-bond donors (Lipinski definition) is 3. The molecule has 0 radical (unpaired) electrons. The Labute approximate surface area is 105 Å². The fraction of sp³-hybridized carbons (Fsp3) is 0. The molecule has 0 saturated heterocycles. The molecule has 0 aliphatic rings. The average molecular weight is 263 g/mol. The van der Waals surface area contributed by atoms with Gasteiger partial charge in [0.2, 0.25) is 0 Å². The second-order valence-electron chi connectivity index (χ2n) is 3.65. The van der Waals surface area contributed by atoms with Crippen LogP contribution in [0.3, 0.4) is 0 Å². The predicted octanol–water partition coefficient (Wildman–Crippen LogP) is 1.10. The number of nitrogens with two attached hydrogens (primary N) is 1. The van der Waals surface area contributed by atoms with Gasteiger partial charge in [-0.25, -0.2) is 0 Å². The van der Waals surface area contributed by atoms with Gasteiger partial charge in [-0.15, -0.1) is 0 Å². The van der Waals surface area contributed by atoms with Crippen molar-refractivity contribution in [3.63, 3.8) is 0 Å². The van der Waals surface area contributed by atoms with Gasteiger partial charge in [-0.2, -0.15) is 20.5 Å². The molecule has 0 fully saturated rings. The minimum absolute atomic E-state index is 0.0916. The van der Waals surface area contributed by atoms with Crippen LogP contribution in [0.25, 0.3) is 22.2 Å². The molecule has 0 aliphatic heterocycles. The van der Waals surface area contributed by atoms with Crippen LogP contribution in [0.1, 0.15) is 10.5 Å². The Morgan fingerprint density at radius 2 is 2.11 bits per heavy atom. The summed E-state index contributed by atoms with van der Waals surface area (Å²) in [6.45, 7) is 0. The van der Waals surface area contributed by atoms with Gasteiger partial charge in [0, 0.05) is 10.9 Å². The summed E-state index contributed by atoms with van der Waals surface area (Å²) >= 11 is 5.95. The molecule has 0 unspecified atom stereocenters. The van der Waals surface area contributed by atoms with Gasteiger partial charge in [-0.1, -0.05) is 17.7 Å². The molecule has 0 atom stereocenters. The molecule has 0 bridgehead atoms. The Bertz CT molecular complexity index is 746. The topological polar surface area (TPSA) is 113 Å². The number of rotatable bonds is 2. The average Bonchev–Trinajstić information content (AvgIpc) is 2.96. The molecule has 3 aromatic rings. The van der Waals surface area contributed by atoms with E-state index >= 15 is 0 Å². The number of nitrogens with one attached hydrogen (secondary N) is 2. The van der Waals surface area contributed by atoms with Crippen LogP contribution < -0.4 is 5.73 Å². The first-order valence-electron chi connectivity index (χ1n) is 5.01. The van der Waals surface area contributed by atoms with Crippen LogP contribution in [0, 0.1) is 0 Å². The summed E-state index contributed by atoms with van der Waals surface area (Å²) in [5.41, 5.74) is 7.11. The summed E-state index contributed by atoms with van der Waals surface area (Å²) in [4.78, 5) is 11.2. The van der Waals surface area contributed by atoms with Crippen molar-refractivity contribution < 1.29 is 4.79 Å². The summed E-state index contributed by atoms with van der Waals surface area (Å²) in [5.74, 6) is -0.642. The van der Waals surface area contributed by atoms with Gasteiger partial charge in [-0.05, 0) is 12.1 Å². The predicted molar refractivity (Wildman–Crippen MR) is 65.0 cm³/mol. The number of primary amides is 1. The maximum Gasteiger partial charge on any atom is 0.271 e. The molecule has 18 heavy (non-hydrogen) atoms. The van der Waals surface area contributed by atoms with Crippen molar-refractivity contribution in [2.45, 2.75) is 0 Å². The van der Waals surface area contributed by atoms with E-state index in [1.165, 1.54) is 0 Å². The lowest BCUT2D eigenvalue weighted by atomic mass is 10.1. The van der Waals surface area contributed by atoms with Gasteiger partial charge < -0.3 is 5.73 Å². The second-order valence-corrected chi connectivity index (χ2v) is 4.03. The van der Waals surface area contributed by atoms with Crippen LogP contribution in [0.4, 0.5) is 0 Å². The zero-order valence-electron chi connectivity index (χ0n) is 8.94. The highest BCUT2D eigenvalue weighted by Gasteiger charge is 2.16. The smallest absolute Gasteiger partial charge is 0.271 e. The third kappa shape index (κ3) is 1.52. The Kier molecular flexibility index (Phi) is 2.27. The normalized spacial score (nSPS) is 10.9. The number of amides is 1. The fourth-order valence-electron chi connectivity index (χ4n) is 1.73. The largest absolute Gasteiger partial charge is 0.364 e. The molecule has 1 amide bonds. The number of H-pyrrole nitrogens is 2. The van der Waals surface area contributed by atoms with E-state index < -0.39 is 5.91 Å². The summed E-state index contributed by atoms with van der Waals surface area (Å²) in [6.07, 6.45) is 0. The first kappa shape index (κ1) is 10.7. The van der Waals surface area contributed by atoms with E-state index in [9.17, 15) is 4.79 Å². The molecule has 4 N–H and O–H groups in total. The standard InChI is InChI=1S/C10H7ClN6O/c11-9-5-3-4(1-2-6(5)13-16-9)7-8(10(12)18)15-17-14-7/h1-3H,(H2,12,18)(H,13,16)(H,14,15,17). The minimum atomic E-state index is -0.642. The van der Waals surface area contributed by atoms with Gasteiger partial charge in [-0.3, -0.25) is 9.89 Å². The zero-order chi connectivity index (χ0) is 12.7. The Morgan fingerprint density at radius 3 is 2.89 bits per heavy atom. The molecule has 0 aliphatic carbocycles. The second kappa shape index (κ2) is 3.81. The van der Waals surface area contributed by atoms with E-state index in [1.807, 2.05) is 0 Å². The van der Waals surface area contributed by atoms with Crippen molar-refractivity contribution in [3.8, 4) is 11.3 Å². The van der Waals surface area contributed by atoms with Crippen LogP contribution in [0.15, 0.2) is 18.2 Å². The van der Waals surface area contributed by atoms with Crippen LogP contribution in [-0.2, 0) is 0 Å². The number of benzene rings is 1. The van der Waals surface area contributed by atoms with E-state index in [0.717, 1.165) is 10.9 Å². The molecule has 2 aromatic heterocycles. The summed E-state index contributed by atoms with van der Waals surface area (Å²) in [7, 11) is 0.